The summed E-state index contributed by atoms with van der Waals surface area (Å²) in [6.45, 7) is 1.73. The highest BCUT2D eigenvalue weighted by Crippen LogP contribution is 2.16. The highest BCUT2D eigenvalue weighted by molar-refractivity contribution is 5.94. The zero-order valence-electron chi connectivity index (χ0n) is 9.64. The molecule has 2 aromatic rings. The molecule has 0 bridgehead atoms. The minimum Gasteiger partial charge on any atom is -0.508 e. The largest absolute Gasteiger partial charge is 0.508 e. The van der Waals surface area contributed by atoms with Gasteiger partial charge in [-0.15, -0.1) is 0 Å². The molecule has 3 N–H and O–H groups in total. The van der Waals surface area contributed by atoms with Crippen molar-refractivity contribution < 1.29 is 14.3 Å². The first-order valence-corrected chi connectivity index (χ1v) is 5.36. The zero-order valence-corrected chi connectivity index (χ0v) is 9.64. The Hall–Kier alpha value is -2.37. The van der Waals surface area contributed by atoms with Gasteiger partial charge in [0, 0.05) is 18.5 Å². The molecule has 1 aromatic heterocycles. The van der Waals surface area contributed by atoms with Gasteiger partial charge in [0.25, 0.3) is 5.91 Å². The van der Waals surface area contributed by atoms with Crippen molar-refractivity contribution in [1.29, 1.82) is 0 Å². The van der Waals surface area contributed by atoms with Crippen LogP contribution in [-0.2, 0) is 0 Å². The zero-order chi connectivity index (χ0) is 13.1. The molecular formula is C12H12FN3O2. The maximum Gasteiger partial charge on any atom is 0.254 e. The lowest BCUT2D eigenvalue weighted by atomic mass is 10.1. The average molecular weight is 249 g/mol. The molecular weight excluding hydrogens is 237 g/mol. The van der Waals surface area contributed by atoms with E-state index >= 15 is 0 Å². The van der Waals surface area contributed by atoms with Crippen LogP contribution in [0.3, 0.4) is 0 Å². The van der Waals surface area contributed by atoms with Gasteiger partial charge in [-0.25, -0.2) is 9.37 Å². The average Bonchev–Trinajstić information content (AvgIpc) is 2.81. The van der Waals surface area contributed by atoms with Crippen molar-refractivity contribution in [2.24, 2.45) is 0 Å². The predicted octanol–water partition coefficient (Wildman–Crippen LogP) is 1.75. The fourth-order valence-electron chi connectivity index (χ4n) is 1.55. The van der Waals surface area contributed by atoms with Crippen molar-refractivity contribution in [3.05, 3.63) is 47.8 Å². The Kier molecular flexibility index (Phi) is 3.27. The fraction of sp³-hybridized carbons (Fsp3) is 0.167. The molecule has 0 fully saturated rings. The number of phenols is 1. The number of halogens is 1. The summed E-state index contributed by atoms with van der Waals surface area (Å²) >= 11 is 0. The third kappa shape index (κ3) is 2.48. The lowest BCUT2D eigenvalue weighted by Crippen LogP contribution is -2.28. The number of nitrogens with zero attached hydrogens (tertiary/aromatic N) is 1. The van der Waals surface area contributed by atoms with Gasteiger partial charge in [-0.3, -0.25) is 4.79 Å². The molecule has 0 radical (unpaired) electrons. The van der Waals surface area contributed by atoms with Gasteiger partial charge in [-0.2, -0.15) is 0 Å². The van der Waals surface area contributed by atoms with Crippen LogP contribution in [0.15, 0.2) is 30.6 Å². The second kappa shape index (κ2) is 4.87. The van der Waals surface area contributed by atoms with E-state index in [1.54, 1.807) is 19.3 Å². The van der Waals surface area contributed by atoms with Crippen LogP contribution >= 0.6 is 0 Å². The van der Waals surface area contributed by atoms with Crippen LogP contribution in [0.1, 0.15) is 29.1 Å². The molecule has 1 amide bonds. The first-order chi connectivity index (χ1) is 8.58. The molecule has 0 aliphatic carbocycles. The molecule has 1 atom stereocenters. The van der Waals surface area contributed by atoms with E-state index in [0.29, 0.717) is 5.82 Å². The summed E-state index contributed by atoms with van der Waals surface area (Å²) in [6.07, 6.45) is 3.21. The number of amides is 1. The third-order valence-corrected chi connectivity index (χ3v) is 2.47. The van der Waals surface area contributed by atoms with E-state index in [4.69, 9.17) is 5.11 Å². The van der Waals surface area contributed by atoms with Crippen LogP contribution in [0.4, 0.5) is 4.39 Å². The molecule has 18 heavy (non-hydrogen) atoms. The standard InChI is InChI=1S/C12H12FN3O2/c1-7(11-14-4-5-15-11)16-12(18)9-3-2-8(17)6-10(9)13/h2-7,17H,1H3,(H,14,15)(H,16,18). The number of phenolic OH excluding ortho intramolecular Hbond substituents is 1. The van der Waals surface area contributed by atoms with Gasteiger partial charge in [0.1, 0.15) is 17.4 Å². The fourth-order valence-corrected chi connectivity index (χ4v) is 1.55. The lowest BCUT2D eigenvalue weighted by molar-refractivity contribution is 0.0934. The summed E-state index contributed by atoms with van der Waals surface area (Å²) in [5.41, 5.74) is -0.119. The van der Waals surface area contributed by atoms with E-state index < -0.39 is 11.7 Å². The summed E-state index contributed by atoms with van der Waals surface area (Å²) in [6, 6.07) is 3.03. The maximum absolute atomic E-state index is 13.4. The Morgan fingerprint density at radius 3 is 2.94 bits per heavy atom. The Morgan fingerprint density at radius 2 is 2.33 bits per heavy atom. The van der Waals surface area contributed by atoms with Crippen molar-refractivity contribution in [3.63, 3.8) is 0 Å². The van der Waals surface area contributed by atoms with Crippen molar-refractivity contribution >= 4 is 5.91 Å². The van der Waals surface area contributed by atoms with Gasteiger partial charge in [0.05, 0.1) is 11.6 Å². The van der Waals surface area contributed by atoms with Gasteiger partial charge in [-0.05, 0) is 19.1 Å². The summed E-state index contributed by atoms with van der Waals surface area (Å²) in [7, 11) is 0. The van der Waals surface area contributed by atoms with Gasteiger partial charge < -0.3 is 15.4 Å². The minimum atomic E-state index is -0.765. The molecule has 94 valence electrons. The molecule has 0 spiro atoms. The first-order valence-electron chi connectivity index (χ1n) is 5.36. The molecule has 0 aliphatic heterocycles. The SMILES string of the molecule is CC(NC(=O)c1ccc(O)cc1F)c1ncc[nH]1. The number of hydrogen-bond acceptors (Lipinski definition) is 3. The molecule has 0 saturated carbocycles. The number of aromatic nitrogens is 2. The van der Waals surface area contributed by atoms with E-state index in [1.165, 1.54) is 12.1 Å². The summed E-state index contributed by atoms with van der Waals surface area (Å²) < 4.78 is 13.4. The number of carbonyl (C=O) groups is 1. The molecule has 2 rings (SSSR count). The quantitative estimate of drug-likeness (QED) is 0.775. The van der Waals surface area contributed by atoms with E-state index in [-0.39, 0.29) is 17.4 Å². The topological polar surface area (TPSA) is 78.0 Å². The van der Waals surface area contributed by atoms with Crippen molar-refractivity contribution in [2.75, 3.05) is 0 Å². The van der Waals surface area contributed by atoms with Crippen LogP contribution in [0.5, 0.6) is 5.75 Å². The van der Waals surface area contributed by atoms with Gasteiger partial charge >= 0.3 is 0 Å². The molecule has 1 heterocycles. The molecule has 0 saturated heterocycles. The van der Waals surface area contributed by atoms with E-state index in [9.17, 15) is 9.18 Å². The Morgan fingerprint density at radius 1 is 1.56 bits per heavy atom. The third-order valence-electron chi connectivity index (χ3n) is 2.47. The van der Waals surface area contributed by atoms with Crippen LogP contribution in [-0.4, -0.2) is 21.0 Å². The number of hydrogen-bond donors (Lipinski definition) is 3. The van der Waals surface area contributed by atoms with Crippen molar-refractivity contribution in [1.82, 2.24) is 15.3 Å². The summed E-state index contributed by atoms with van der Waals surface area (Å²) in [5.74, 6) is -0.957. The Balaban J connectivity index is 2.12. The Bertz CT molecular complexity index is 554. The van der Waals surface area contributed by atoms with Crippen LogP contribution < -0.4 is 5.32 Å². The van der Waals surface area contributed by atoms with Crippen LogP contribution in [0.2, 0.25) is 0 Å². The highest BCUT2D eigenvalue weighted by atomic mass is 19.1. The lowest BCUT2D eigenvalue weighted by Gasteiger charge is -2.11. The molecule has 5 nitrogen and oxygen atoms in total. The normalized spacial score (nSPS) is 12.1. The van der Waals surface area contributed by atoms with Crippen molar-refractivity contribution in [3.8, 4) is 5.75 Å². The number of aromatic hydroxyl groups is 1. The number of aromatic amines is 1. The summed E-state index contributed by atoms with van der Waals surface area (Å²) in [4.78, 5) is 18.7. The molecule has 0 aliphatic rings. The molecule has 1 unspecified atom stereocenters. The number of nitrogens with one attached hydrogen (secondary N) is 2. The van der Waals surface area contributed by atoms with Crippen LogP contribution in [0.25, 0.3) is 0 Å². The van der Waals surface area contributed by atoms with E-state index in [1.807, 2.05) is 0 Å². The smallest absolute Gasteiger partial charge is 0.254 e. The van der Waals surface area contributed by atoms with Crippen molar-refractivity contribution in [2.45, 2.75) is 13.0 Å². The van der Waals surface area contributed by atoms with Gasteiger partial charge in [0.15, 0.2) is 0 Å². The summed E-state index contributed by atoms with van der Waals surface area (Å²) in [5, 5.41) is 11.7. The monoisotopic (exact) mass is 249 g/mol. The maximum atomic E-state index is 13.4. The first kappa shape index (κ1) is 12.1. The number of carbonyl (C=O) groups excluding carboxylic acids is 1. The number of rotatable bonds is 3. The number of H-pyrrole nitrogens is 1. The van der Waals surface area contributed by atoms with Crippen LogP contribution in [0, 0.1) is 5.82 Å². The minimum absolute atomic E-state index is 0.119. The Labute approximate surface area is 103 Å². The second-order valence-electron chi connectivity index (χ2n) is 3.83. The van der Waals surface area contributed by atoms with Gasteiger partial charge in [-0.1, -0.05) is 0 Å². The van der Waals surface area contributed by atoms with Gasteiger partial charge in [0.2, 0.25) is 0 Å². The van der Waals surface area contributed by atoms with E-state index in [2.05, 4.69) is 15.3 Å². The molecule has 1 aromatic carbocycles. The second-order valence-corrected chi connectivity index (χ2v) is 3.83. The molecule has 6 heteroatoms. The van der Waals surface area contributed by atoms with E-state index in [0.717, 1.165) is 6.07 Å². The number of imidazole rings is 1. The number of benzene rings is 1. The highest BCUT2D eigenvalue weighted by Gasteiger charge is 2.16. The predicted molar refractivity (Wildman–Crippen MR) is 62.5 cm³/mol.